The second-order valence-corrected chi connectivity index (χ2v) is 5.65. The van der Waals surface area contributed by atoms with Gasteiger partial charge in [0, 0.05) is 24.7 Å². The van der Waals surface area contributed by atoms with Crippen molar-refractivity contribution in [3.05, 3.63) is 35.7 Å². The monoisotopic (exact) mass is 286 g/mol. The number of nitrogens with zero attached hydrogens (tertiary/aromatic N) is 3. The molecular weight excluding hydrogens is 264 g/mol. The van der Waals surface area contributed by atoms with E-state index in [1.807, 2.05) is 12.1 Å². The largest absolute Gasteiger partial charge is 0.419 e. The first kappa shape index (κ1) is 14.2. The van der Waals surface area contributed by atoms with Crippen LogP contribution in [0.2, 0.25) is 0 Å². The van der Waals surface area contributed by atoms with Crippen LogP contribution in [0.4, 0.5) is 0 Å². The van der Waals surface area contributed by atoms with Crippen molar-refractivity contribution < 1.29 is 4.42 Å². The Hall–Kier alpha value is -1.72. The van der Waals surface area contributed by atoms with Crippen molar-refractivity contribution in [3.63, 3.8) is 0 Å². The molecule has 1 N–H and O–H groups in total. The van der Waals surface area contributed by atoms with Gasteiger partial charge in [-0.3, -0.25) is 4.90 Å². The molecule has 1 aromatic carbocycles. The zero-order valence-corrected chi connectivity index (χ0v) is 12.7. The van der Waals surface area contributed by atoms with Gasteiger partial charge in [0.25, 0.3) is 0 Å². The molecule has 1 aliphatic rings. The molecule has 3 rings (SSSR count). The lowest BCUT2D eigenvalue weighted by Gasteiger charge is -2.37. The lowest BCUT2D eigenvalue weighted by atomic mass is 10.1. The molecule has 2 aromatic rings. The van der Waals surface area contributed by atoms with Gasteiger partial charge in [0.05, 0.1) is 6.54 Å². The Morgan fingerprint density at radius 1 is 1.24 bits per heavy atom. The Balaban J connectivity index is 1.70. The van der Waals surface area contributed by atoms with E-state index in [-0.39, 0.29) is 0 Å². The number of benzene rings is 1. The van der Waals surface area contributed by atoms with E-state index in [1.54, 1.807) is 0 Å². The third kappa shape index (κ3) is 3.31. The summed E-state index contributed by atoms with van der Waals surface area (Å²) in [6.07, 6.45) is 1.13. The first-order valence-electron chi connectivity index (χ1n) is 7.60. The molecule has 0 atom stereocenters. The Morgan fingerprint density at radius 3 is 2.62 bits per heavy atom. The molecule has 5 heteroatoms. The number of rotatable bonds is 6. The van der Waals surface area contributed by atoms with Crippen LogP contribution in [0.3, 0.4) is 0 Å². The van der Waals surface area contributed by atoms with Crippen LogP contribution in [0.1, 0.15) is 24.8 Å². The SMILES string of the molecule is CCCN(Cc1nnc(-c2ccc(C)cc2)o1)C1CNC1. The fourth-order valence-electron chi connectivity index (χ4n) is 2.51. The predicted molar refractivity (Wildman–Crippen MR) is 81.8 cm³/mol. The highest BCUT2D eigenvalue weighted by molar-refractivity contribution is 5.52. The van der Waals surface area contributed by atoms with Crippen LogP contribution in [0.15, 0.2) is 28.7 Å². The summed E-state index contributed by atoms with van der Waals surface area (Å²) in [5.41, 5.74) is 2.21. The molecule has 2 heterocycles. The maximum atomic E-state index is 5.82. The molecule has 21 heavy (non-hydrogen) atoms. The summed E-state index contributed by atoms with van der Waals surface area (Å²) in [7, 11) is 0. The molecule has 0 spiro atoms. The van der Waals surface area contributed by atoms with Crippen LogP contribution in [-0.4, -0.2) is 40.8 Å². The Labute approximate surface area is 125 Å². The fraction of sp³-hybridized carbons (Fsp3) is 0.500. The third-order valence-electron chi connectivity index (χ3n) is 3.89. The Bertz CT molecular complexity index is 574. The van der Waals surface area contributed by atoms with E-state index in [9.17, 15) is 0 Å². The minimum Gasteiger partial charge on any atom is -0.419 e. The van der Waals surface area contributed by atoms with Crippen LogP contribution in [-0.2, 0) is 6.54 Å². The highest BCUT2D eigenvalue weighted by Crippen LogP contribution is 2.19. The zero-order valence-electron chi connectivity index (χ0n) is 12.7. The van der Waals surface area contributed by atoms with Gasteiger partial charge in [-0.25, -0.2) is 0 Å². The highest BCUT2D eigenvalue weighted by Gasteiger charge is 2.25. The summed E-state index contributed by atoms with van der Waals surface area (Å²) in [5.74, 6) is 1.30. The minimum atomic E-state index is 0.597. The molecule has 1 aromatic heterocycles. The molecule has 0 amide bonds. The quantitative estimate of drug-likeness (QED) is 0.882. The normalized spacial score (nSPS) is 15.4. The summed E-state index contributed by atoms with van der Waals surface area (Å²) in [4.78, 5) is 2.42. The second kappa shape index (κ2) is 6.37. The van der Waals surface area contributed by atoms with Crippen molar-refractivity contribution >= 4 is 0 Å². The van der Waals surface area contributed by atoms with Crippen molar-refractivity contribution in [2.45, 2.75) is 32.9 Å². The van der Waals surface area contributed by atoms with E-state index in [1.165, 1.54) is 5.56 Å². The van der Waals surface area contributed by atoms with Gasteiger partial charge in [-0.1, -0.05) is 24.6 Å². The van der Waals surface area contributed by atoms with Crippen molar-refractivity contribution in [2.24, 2.45) is 0 Å². The first-order chi connectivity index (χ1) is 10.3. The van der Waals surface area contributed by atoms with E-state index in [4.69, 9.17) is 4.42 Å². The highest BCUT2D eigenvalue weighted by atomic mass is 16.4. The molecule has 0 bridgehead atoms. The number of nitrogens with one attached hydrogen (secondary N) is 1. The van der Waals surface area contributed by atoms with E-state index < -0.39 is 0 Å². The van der Waals surface area contributed by atoms with E-state index in [0.717, 1.165) is 38.2 Å². The standard InChI is InChI=1S/C16H22N4O/c1-3-8-20(14-9-17-10-14)11-15-18-19-16(21-15)13-6-4-12(2)5-7-13/h4-7,14,17H,3,8-11H2,1-2H3. The predicted octanol–water partition coefficient (Wildman–Crippen LogP) is 2.23. The number of hydrogen-bond acceptors (Lipinski definition) is 5. The molecule has 0 radical (unpaired) electrons. The van der Waals surface area contributed by atoms with Crippen molar-refractivity contribution in [1.29, 1.82) is 0 Å². The molecule has 0 unspecified atom stereocenters. The number of hydrogen-bond donors (Lipinski definition) is 1. The van der Waals surface area contributed by atoms with Crippen LogP contribution < -0.4 is 5.32 Å². The molecular formula is C16H22N4O. The molecule has 1 fully saturated rings. The van der Waals surface area contributed by atoms with Gasteiger partial charge >= 0.3 is 0 Å². The molecule has 1 saturated heterocycles. The van der Waals surface area contributed by atoms with Gasteiger partial charge in [-0.2, -0.15) is 0 Å². The van der Waals surface area contributed by atoms with Gasteiger partial charge in [0.15, 0.2) is 0 Å². The topological polar surface area (TPSA) is 54.2 Å². The second-order valence-electron chi connectivity index (χ2n) is 5.65. The summed E-state index contributed by atoms with van der Waals surface area (Å²) in [6, 6.07) is 8.75. The van der Waals surface area contributed by atoms with Gasteiger partial charge < -0.3 is 9.73 Å². The van der Waals surface area contributed by atoms with Crippen LogP contribution in [0, 0.1) is 6.92 Å². The molecule has 5 nitrogen and oxygen atoms in total. The lowest BCUT2D eigenvalue weighted by molar-refractivity contribution is 0.126. The third-order valence-corrected chi connectivity index (χ3v) is 3.89. The zero-order chi connectivity index (χ0) is 14.7. The van der Waals surface area contributed by atoms with Gasteiger partial charge in [0.1, 0.15) is 0 Å². The van der Waals surface area contributed by atoms with Crippen LogP contribution in [0.25, 0.3) is 11.5 Å². The maximum absolute atomic E-state index is 5.82. The minimum absolute atomic E-state index is 0.597. The number of aromatic nitrogens is 2. The van der Waals surface area contributed by atoms with Crippen molar-refractivity contribution in [2.75, 3.05) is 19.6 Å². The van der Waals surface area contributed by atoms with E-state index in [0.29, 0.717) is 17.8 Å². The van der Waals surface area contributed by atoms with Crippen molar-refractivity contribution in [3.8, 4) is 11.5 Å². The van der Waals surface area contributed by atoms with Crippen LogP contribution >= 0.6 is 0 Å². The number of aryl methyl sites for hydroxylation is 1. The van der Waals surface area contributed by atoms with Gasteiger partial charge in [-0.05, 0) is 32.0 Å². The van der Waals surface area contributed by atoms with Crippen molar-refractivity contribution in [1.82, 2.24) is 20.4 Å². The summed E-state index contributed by atoms with van der Waals surface area (Å²) < 4.78 is 5.82. The summed E-state index contributed by atoms with van der Waals surface area (Å²) in [5, 5.41) is 11.7. The smallest absolute Gasteiger partial charge is 0.247 e. The Morgan fingerprint density at radius 2 is 2.00 bits per heavy atom. The van der Waals surface area contributed by atoms with Gasteiger partial charge in [-0.15, -0.1) is 10.2 Å². The van der Waals surface area contributed by atoms with Gasteiger partial charge in [0.2, 0.25) is 11.8 Å². The molecule has 1 aliphatic heterocycles. The molecule has 112 valence electrons. The molecule has 0 saturated carbocycles. The average molecular weight is 286 g/mol. The Kier molecular flexibility index (Phi) is 4.31. The maximum Gasteiger partial charge on any atom is 0.247 e. The van der Waals surface area contributed by atoms with E-state index in [2.05, 4.69) is 46.4 Å². The lowest BCUT2D eigenvalue weighted by Crippen LogP contribution is -2.57. The van der Waals surface area contributed by atoms with Crippen LogP contribution in [0.5, 0.6) is 0 Å². The summed E-state index contributed by atoms with van der Waals surface area (Å²) >= 11 is 0. The van der Waals surface area contributed by atoms with E-state index >= 15 is 0 Å². The fourth-order valence-corrected chi connectivity index (χ4v) is 2.51. The molecule has 0 aliphatic carbocycles. The average Bonchev–Trinajstić information content (AvgIpc) is 2.86. The summed E-state index contributed by atoms with van der Waals surface area (Å²) in [6.45, 7) is 8.18. The first-order valence-corrected chi connectivity index (χ1v) is 7.60.